The lowest BCUT2D eigenvalue weighted by atomic mass is 10.1. The molecule has 0 aliphatic carbocycles. The first-order valence-corrected chi connectivity index (χ1v) is 7.22. The Kier molecular flexibility index (Phi) is 5.41. The summed E-state index contributed by atoms with van der Waals surface area (Å²) in [6, 6.07) is 0. The summed E-state index contributed by atoms with van der Waals surface area (Å²) in [5.41, 5.74) is -0.592. The molecule has 0 amide bonds. The predicted molar refractivity (Wildman–Crippen MR) is 71.7 cm³/mol. The van der Waals surface area contributed by atoms with Gasteiger partial charge < -0.3 is 9.80 Å². The minimum absolute atomic E-state index is 0.381. The van der Waals surface area contributed by atoms with Crippen molar-refractivity contribution in [2.45, 2.75) is 19.4 Å². The van der Waals surface area contributed by atoms with Crippen LogP contribution in [0.2, 0.25) is 0 Å². The van der Waals surface area contributed by atoms with E-state index < -0.39 is 15.6 Å². The summed E-state index contributed by atoms with van der Waals surface area (Å²) in [6.07, 6.45) is 1.15. The van der Waals surface area contributed by atoms with Gasteiger partial charge in [-0.25, -0.2) is 13.1 Å². The molecule has 0 saturated heterocycles. The van der Waals surface area contributed by atoms with Crippen LogP contribution in [0.3, 0.4) is 0 Å². The lowest BCUT2D eigenvalue weighted by molar-refractivity contribution is 0.442. The highest BCUT2D eigenvalue weighted by molar-refractivity contribution is 7.88. The van der Waals surface area contributed by atoms with Crippen molar-refractivity contribution in [3.8, 4) is 0 Å². The highest BCUT2D eigenvalue weighted by Gasteiger charge is 2.22. The Balaban J connectivity index is 4.77. The Hall–Kier alpha value is -0.820. The van der Waals surface area contributed by atoms with E-state index in [4.69, 9.17) is 0 Å². The van der Waals surface area contributed by atoms with Gasteiger partial charge in [0.1, 0.15) is 0 Å². The molecule has 0 aliphatic heterocycles. The van der Waals surface area contributed by atoms with Crippen molar-refractivity contribution in [3.63, 3.8) is 0 Å². The minimum Gasteiger partial charge on any atom is -0.349 e. The number of nitrogens with zero attached hydrogens (tertiary/aromatic N) is 3. The summed E-state index contributed by atoms with van der Waals surface area (Å²) >= 11 is 0. The second-order valence-corrected chi connectivity index (χ2v) is 6.91. The highest BCUT2D eigenvalue weighted by atomic mass is 32.2. The summed E-state index contributed by atoms with van der Waals surface area (Å²) in [5, 5.41) is 0. The fourth-order valence-corrected chi connectivity index (χ4v) is 2.55. The van der Waals surface area contributed by atoms with Crippen LogP contribution < -0.4 is 4.72 Å². The van der Waals surface area contributed by atoms with E-state index in [1.807, 2.05) is 38.0 Å². The molecular weight excluding hydrogens is 240 g/mol. The topological polar surface area (TPSA) is 65.0 Å². The van der Waals surface area contributed by atoms with Gasteiger partial charge in [-0.15, -0.1) is 0 Å². The molecule has 6 nitrogen and oxygen atoms in total. The summed E-state index contributed by atoms with van der Waals surface area (Å²) in [5.74, 6) is 0.799. The van der Waals surface area contributed by atoms with E-state index >= 15 is 0 Å². The van der Waals surface area contributed by atoms with Crippen LogP contribution in [-0.2, 0) is 10.0 Å². The Morgan fingerprint density at radius 3 is 1.88 bits per heavy atom. The number of guanidine groups is 1. The Bertz CT molecular complexity index is 362. The van der Waals surface area contributed by atoms with Crippen LogP contribution >= 0.6 is 0 Å². The average Bonchev–Trinajstić information content (AvgIpc) is 1.96. The van der Waals surface area contributed by atoms with Gasteiger partial charge in [-0.2, -0.15) is 0 Å². The quantitative estimate of drug-likeness (QED) is 0.564. The molecule has 1 N–H and O–H groups in total. The van der Waals surface area contributed by atoms with Gasteiger partial charge in [-0.1, -0.05) is 0 Å². The van der Waals surface area contributed by atoms with Crippen LogP contribution in [0, 0.1) is 0 Å². The zero-order valence-electron chi connectivity index (χ0n) is 11.8. The first kappa shape index (κ1) is 16.2. The zero-order chi connectivity index (χ0) is 13.9. The fourth-order valence-electron chi connectivity index (χ4n) is 1.49. The van der Waals surface area contributed by atoms with Crippen LogP contribution in [0.15, 0.2) is 4.99 Å². The molecule has 0 fully saturated rings. The van der Waals surface area contributed by atoms with Crippen molar-refractivity contribution in [1.82, 2.24) is 14.5 Å². The molecule has 7 heteroatoms. The Morgan fingerprint density at radius 1 is 1.18 bits per heavy atom. The molecule has 0 aromatic rings. The maximum atomic E-state index is 11.2. The molecule has 0 spiro atoms. The molecule has 0 aromatic carbocycles. The third-order valence-corrected chi connectivity index (χ3v) is 2.80. The highest BCUT2D eigenvalue weighted by Crippen LogP contribution is 2.05. The monoisotopic (exact) mass is 264 g/mol. The average molecular weight is 264 g/mol. The number of hydrogen-bond acceptors (Lipinski definition) is 3. The van der Waals surface area contributed by atoms with Crippen molar-refractivity contribution >= 4 is 16.0 Å². The van der Waals surface area contributed by atoms with Crippen LogP contribution in [0.25, 0.3) is 0 Å². The predicted octanol–water partition coefficient (Wildman–Crippen LogP) is -0.207. The van der Waals surface area contributed by atoms with Gasteiger partial charge in [0.25, 0.3) is 0 Å². The first-order valence-electron chi connectivity index (χ1n) is 5.33. The van der Waals surface area contributed by atoms with E-state index in [9.17, 15) is 8.42 Å². The zero-order valence-corrected chi connectivity index (χ0v) is 12.6. The van der Waals surface area contributed by atoms with Crippen molar-refractivity contribution in [3.05, 3.63) is 0 Å². The first-order chi connectivity index (χ1) is 7.44. The van der Waals surface area contributed by atoms with Gasteiger partial charge in [0.2, 0.25) is 10.0 Å². The lowest BCUT2D eigenvalue weighted by Gasteiger charge is -2.27. The smallest absolute Gasteiger partial charge is 0.209 e. The molecule has 0 atom stereocenters. The molecule has 0 saturated carbocycles. The normalized spacial score (nSPS) is 12.2. The molecule has 0 rings (SSSR count). The third kappa shape index (κ3) is 7.17. The van der Waals surface area contributed by atoms with Gasteiger partial charge >= 0.3 is 0 Å². The van der Waals surface area contributed by atoms with Gasteiger partial charge in [-0.05, 0) is 13.8 Å². The molecule has 102 valence electrons. The second-order valence-electron chi connectivity index (χ2n) is 5.16. The summed E-state index contributed by atoms with van der Waals surface area (Å²) in [6.45, 7) is 3.99. The molecule has 0 heterocycles. The van der Waals surface area contributed by atoms with Crippen LogP contribution in [0.4, 0.5) is 0 Å². The Labute approximate surface area is 105 Å². The number of nitrogens with one attached hydrogen (secondary N) is 1. The van der Waals surface area contributed by atoms with Gasteiger partial charge in [0.15, 0.2) is 5.96 Å². The van der Waals surface area contributed by atoms with Crippen LogP contribution in [0.1, 0.15) is 13.8 Å². The fraction of sp³-hybridized carbons (Fsp3) is 0.900. The minimum atomic E-state index is -3.22. The van der Waals surface area contributed by atoms with E-state index in [1.165, 1.54) is 0 Å². The van der Waals surface area contributed by atoms with Gasteiger partial charge in [0, 0.05) is 33.7 Å². The van der Waals surface area contributed by atoms with E-state index in [1.54, 1.807) is 13.8 Å². The van der Waals surface area contributed by atoms with E-state index in [0.717, 1.165) is 12.2 Å². The number of aliphatic imine (C=N–C) groups is 1. The van der Waals surface area contributed by atoms with Crippen molar-refractivity contribution in [2.75, 3.05) is 41.0 Å². The maximum Gasteiger partial charge on any atom is 0.209 e. The molecule has 0 radical (unpaired) electrons. The standard InChI is InChI=1S/C10H24N4O2S/c1-10(2,12-17(7,15)16)8-11-9(13(3)4)14(5)6/h12H,8H2,1-7H3. The third-order valence-electron chi connectivity index (χ3n) is 1.88. The molecule has 0 unspecified atom stereocenters. The SMILES string of the molecule is CN(C)C(=NCC(C)(C)NS(C)(=O)=O)N(C)C. The molecular formula is C10H24N4O2S. The van der Waals surface area contributed by atoms with Crippen molar-refractivity contribution in [2.24, 2.45) is 4.99 Å². The molecule has 0 aliphatic rings. The van der Waals surface area contributed by atoms with E-state index in [0.29, 0.717) is 6.54 Å². The molecule has 0 bridgehead atoms. The maximum absolute atomic E-state index is 11.2. The van der Waals surface area contributed by atoms with Crippen molar-refractivity contribution in [1.29, 1.82) is 0 Å². The van der Waals surface area contributed by atoms with Gasteiger partial charge in [-0.3, -0.25) is 4.99 Å². The van der Waals surface area contributed by atoms with Crippen LogP contribution in [-0.4, -0.2) is 70.7 Å². The Morgan fingerprint density at radius 2 is 1.59 bits per heavy atom. The van der Waals surface area contributed by atoms with Crippen LogP contribution in [0.5, 0.6) is 0 Å². The van der Waals surface area contributed by atoms with Gasteiger partial charge in [0.05, 0.1) is 12.8 Å². The van der Waals surface area contributed by atoms with E-state index in [2.05, 4.69) is 9.71 Å². The summed E-state index contributed by atoms with van der Waals surface area (Å²) in [4.78, 5) is 8.19. The lowest BCUT2D eigenvalue weighted by Crippen LogP contribution is -2.46. The number of rotatable bonds is 4. The molecule has 0 aromatic heterocycles. The summed E-state index contributed by atoms with van der Waals surface area (Å²) in [7, 11) is 4.38. The number of sulfonamides is 1. The second kappa shape index (κ2) is 5.68. The molecule has 17 heavy (non-hydrogen) atoms. The van der Waals surface area contributed by atoms with E-state index in [-0.39, 0.29) is 0 Å². The number of hydrogen-bond donors (Lipinski definition) is 1. The summed E-state index contributed by atoms with van der Waals surface area (Å²) < 4.78 is 24.9. The largest absolute Gasteiger partial charge is 0.349 e. The van der Waals surface area contributed by atoms with Crippen molar-refractivity contribution < 1.29 is 8.42 Å².